The Labute approximate surface area is 166 Å². The van der Waals surface area contributed by atoms with E-state index in [0.717, 1.165) is 0 Å². The Morgan fingerprint density at radius 3 is 2.19 bits per heavy atom. The van der Waals surface area contributed by atoms with Crippen molar-refractivity contribution in [2.75, 3.05) is 13.2 Å². The fourth-order valence-corrected chi connectivity index (χ4v) is 4.68. The van der Waals surface area contributed by atoms with Gasteiger partial charge < -0.3 is 13.9 Å². The summed E-state index contributed by atoms with van der Waals surface area (Å²) in [4.78, 5) is 26.8. The smallest absolute Gasteiger partial charge is 0.412 e. The lowest BCUT2D eigenvalue weighted by Crippen LogP contribution is -2.52. The maximum Gasteiger partial charge on any atom is 0.412 e. The largest absolute Gasteiger partial charge is 0.466 e. The fourth-order valence-electron chi connectivity index (χ4n) is 3.46. The standard InChI is InChI=1S/C20H39NO5Si/c1-10-24-16(22)11-12-20(26-27(8)9)13-15(18(2,3)4)14-21(20)17(23)25-19(5,6)7/h15,27H,10-14H2,1-9H3/t15-,20-/m0/s1. The Hall–Kier alpha value is -1.08. The van der Waals surface area contributed by atoms with Gasteiger partial charge in [0.15, 0.2) is 9.04 Å². The highest BCUT2D eigenvalue weighted by molar-refractivity contribution is 6.48. The molecule has 158 valence electrons. The van der Waals surface area contributed by atoms with Gasteiger partial charge in [-0.1, -0.05) is 20.8 Å². The number of amides is 1. The van der Waals surface area contributed by atoms with E-state index in [0.29, 0.717) is 26.0 Å². The monoisotopic (exact) mass is 401 g/mol. The molecule has 0 aliphatic carbocycles. The summed E-state index contributed by atoms with van der Waals surface area (Å²) in [5.74, 6) is 0.00853. The van der Waals surface area contributed by atoms with Crippen LogP contribution in [0.25, 0.3) is 0 Å². The number of hydrogen-bond donors (Lipinski definition) is 0. The number of nitrogens with zero attached hydrogens (tertiary/aromatic N) is 1. The van der Waals surface area contributed by atoms with Crippen molar-refractivity contribution < 1.29 is 23.5 Å². The topological polar surface area (TPSA) is 65.1 Å². The number of likely N-dealkylation sites (tertiary alicyclic amines) is 1. The normalized spacial score (nSPS) is 23.6. The molecule has 1 amide bonds. The Bertz CT molecular complexity index is 523. The molecule has 2 atom stereocenters. The van der Waals surface area contributed by atoms with Gasteiger partial charge in [-0.25, -0.2) is 4.79 Å². The molecular weight excluding hydrogens is 362 g/mol. The van der Waals surface area contributed by atoms with E-state index in [9.17, 15) is 9.59 Å². The first-order valence-electron chi connectivity index (χ1n) is 10.0. The van der Waals surface area contributed by atoms with E-state index in [4.69, 9.17) is 13.9 Å². The van der Waals surface area contributed by atoms with Gasteiger partial charge in [0.25, 0.3) is 0 Å². The predicted molar refractivity (Wildman–Crippen MR) is 109 cm³/mol. The van der Waals surface area contributed by atoms with Crippen LogP contribution in [-0.2, 0) is 18.7 Å². The van der Waals surface area contributed by atoms with Crippen molar-refractivity contribution in [3.05, 3.63) is 0 Å². The average Bonchev–Trinajstić information content (AvgIpc) is 2.83. The Kier molecular flexibility index (Phi) is 7.94. The summed E-state index contributed by atoms with van der Waals surface area (Å²) in [6.07, 6.45) is 1.00. The van der Waals surface area contributed by atoms with E-state index < -0.39 is 20.4 Å². The second-order valence-corrected chi connectivity index (χ2v) is 12.1. The zero-order valence-corrected chi connectivity index (χ0v) is 19.8. The second kappa shape index (κ2) is 8.95. The van der Waals surface area contributed by atoms with Crippen LogP contribution in [0.15, 0.2) is 0 Å². The molecule has 7 heteroatoms. The zero-order chi connectivity index (χ0) is 21.0. The second-order valence-electron chi connectivity index (χ2n) is 9.78. The summed E-state index contributed by atoms with van der Waals surface area (Å²) in [7, 11) is -1.49. The minimum absolute atomic E-state index is 0.0217. The molecular formula is C20H39NO5Si. The third-order valence-electron chi connectivity index (χ3n) is 4.78. The zero-order valence-electron chi connectivity index (χ0n) is 18.7. The molecule has 27 heavy (non-hydrogen) atoms. The van der Waals surface area contributed by atoms with Gasteiger partial charge in [-0.2, -0.15) is 0 Å². The molecule has 1 fully saturated rings. The van der Waals surface area contributed by atoms with Crippen LogP contribution in [0.5, 0.6) is 0 Å². The van der Waals surface area contributed by atoms with Gasteiger partial charge in [-0.3, -0.25) is 9.69 Å². The summed E-state index contributed by atoms with van der Waals surface area (Å²) < 4.78 is 17.2. The third kappa shape index (κ3) is 7.10. The Balaban J connectivity index is 3.19. The van der Waals surface area contributed by atoms with Crippen molar-refractivity contribution in [2.45, 2.75) is 92.1 Å². The molecule has 1 aliphatic heterocycles. The van der Waals surface area contributed by atoms with Crippen LogP contribution in [0.2, 0.25) is 13.1 Å². The van der Waals surface area contributed by atoms with Crippen LogP contribution < -0.4 is 0 Å². The van der Waals surface area contributed by atoms with Crippen molar-refractivity contribution in [1.29, 1.82) is 0 Å². The van der Waals surface area contributed by atoms with Crippen molar-refractivity contribution >= 4 is 21.1 Å². The van der Waals surface area contributed by atoms with Gasteiger partial charge in [0.1, 0.15) is 11.3 Å². The summed E-state index contributed by atoms with van der Waals surface area (Å²) in [6, 6.07) is 0. The average molecular weight is 402 g/mol. The Morgan fingerprint density at radius 2 is 1.74 bits per heavy atom. The predicted octanol–water partition coefficient (Wildman–Crippen LogP) is 4.33. The molecule has 6 nitrogen and oxygen atoms in total. The van der Waals surface area contributed by atoms with Crippen LogP contribution in [0.1, 0.15) is 67.7 Å². The molecule has 1 rings (SSSR count). The van der Waals surface area contributed by atoms with E-state index in [1.54, 1.807) is 11.8 Å². The summed E-state index contributed by atoms with van der Waals surface area (Å²) in [5.41, 5.74) is -1.36. The van der Waals surface area contributed by atoms with Gasteiger partial charge in [-0.05, 0) is 58.5 Å². The van der Waals surface area contributed by atoms with Crippen LogP contribution in [-0.4, -0.2) is 50.5 Å². The van der Waals surface area contributed by atoms with Gasteiger partial charge in [0.05, 0.1) is 13.0 Å². The molecule has 0 aromatic rings. The number of carbonyl (C=O) groups is 2. The minimum Gasteiger partial charge on any atom is -0.466 e. The molecule has 0 radical (unpaired) electrons. The highest BCUT2D eigenvalue weighted by atomic mass is 28.3. The lowest BCUT2D eigenvalue weighted by atomic mass is 9.78. The van der Waals surface area contributed by atoms with E-state index in [2.05, 4.69) is 33.9 Å². The van der Waals surface area contributed by atoms with Gasteiger partial charge in [0, 0.05) is 13.0 Å². The number of rotatable bonds is 6. The van der Waals surface area contributed by atoms with E-state index in [-0.39, 0.29) is 29.8 Å². The van der Waals surface area contributed by atoms with Crippen LogP contribution >= 0.6 is 0 Å². The summed E-state index contributed by atoms with van der Waals surface area (Å²) in [5, 5.41) is 0. The molecule has 1 saturated heterocycles. The summed E-state index contributed by atoms with van der Waals surface area (Å²) >= 11 is 0. The number of esters is 1. The Morgan fingerprint density at radius 1 is 1.15 bits per heavy atom. The van der Waals surface area contributed by atoms with Crippen molar-refractivity contribution in [3.8, 4) is 0 Å². The van der Waals surface area contributed by atoms with E-state index >= 15 is 0 Å². The lowest BCUT2D eigenvalue weighted by molar-refractivity contribution is -0.146. The molecule has 0 N–H and O–H groups in total. The maximum atomic E-state index is 13.0. The summed E-state index contributed by atoms with van der Waals surface area (Å²) in [6.45, 7) is 19.0. The SMILES string of the molecule is CCOC(=O)CC[C@]1(O[SiH](C)C)C[C@H](C(C)(C)C)CN1C(=O)OC(C)(C)C. The third-order valence-corrected chi connectivity index (χ3v) is 5.69. The molecule has 1 aliphatic rings. The molecule has 0 spiro atoms. The van der Waals surface area contributed by atoms with Gasteiger partial charge in [0.2, 0.25) is 0 Å². The van der Waals surface area contributed by atoms with Crippen molar-refractivity contribution in [3.63, 3.8) is 0 Å². The number of hydrogen-bond acceptors (Lipinski definition) is 5. The lowest BCUT2D eigenvalue weighted by Gasteiger charge is -2.40. The highest BCUT2D eigenvalue weighted by Gasteiger charge is 2.53. The molecule has 0 bridgehead atoms. The minimum atomic E-state index is -1.49. The molecule has 0 aromatic heterocycles. The van der Waals surface area contributed by atoms with Crippen LogP contribution in [0.4, 0.5) is 4.79 Å². The molecule has 0 unspecified atom stereocenters. The van der Waals surface area contributed by atoms with Crippen molar-refractivity contribution in [1.82, 2.24) is 4.90 Å². The first kappa shape index (κ1) is 24.0. The first-order chi connectivity index (χ1) is 12.2. The first-order valence-corrected chi connectivity index (χ1v) is 12.8. The molecule has 0 saturated carbocycles. The van der Waals surface area contributed by atoms with E-state index in [1.807, 2.05) is 20.8 Å². The highest BCUT2D eigenvalue weighted by Crippen LogP contribution is 2.46. The van der Waals surface area contributed by atoms with Gasteiger partial charge in [-0.15, -0.1) is 0 Å². The fraction of sp³-hybridized carbons (Fsp3) is 0.900. The maximum absolute atomic E-state index is 13.0. The van der Waals surface area contributed by atoms with E-state index in [1.165, 1.54) is 0 Å². The van der Waals surface area contributed by atoms with Crippen LogP contribution in [0, 0.1) is 11.3 Å². The van der Waals surface area contributed by atoms with Crippen molar-refractivity contribution in [2.24, 2.45) is 11.3 Å². The molecule has 1 heterocycles. The molecule has 0 aromatic carbocycles. The number of ether oxygens (including phenoxy) is 2. The quantitative estimate of drug-likeness (QED) is 0.489. The number of carbonyl (C=O) groups excluding carboxylic acids is 2. The van der Waals surface area contributed by atoms with Crippen LogP contribution in [0.3, 0.4) is 0 Å². The van der Waals surface area contributed by atoms with Gasteiger partial charge >= 0.3 is 12.1 Å².